The summed E-state index contributed by atoms with van der Waals surface area (Å²) in [6, 6.07) is 1.61. The minimum atomic E-state index is -0.587. The SMILES string of the molecule is Cc1cn(CC(=O)N2CCC(CNC(=O)c3ccoc3)CC2)c(=O)[nH]c1=O. The number of furan rings is 1. The molecule has 1 fully saturated rings. The van der Waals surface area contributed by atoms with Crippen molar-refractivity contribution in [2.75, 3.05) is 19.6 Å². The number of hydrogen-bond acceptors (Lipinski definition) is 5. The maximum atomic E-state index is 12.4. The van der Waals surface area contributed by atoms with Gasteiger partial charge in [-0.15, -0.1) is 0 Å². The highest BCUT2D eigenvalue weighted by atomic mass is 16.3. The van der Waals surface area contributed by atoms with Gasteiger partial charge in [-0.1, -0.05) is 0 Å². The van der Waals surface area contributed by atoms with Gasteiger partial charge in [0.1, 0.15) is 12.8 Å². The molecule has 0 bridgehead atoms. The van der Waals surface area contributed by atoms with Crippen LogP contribution in [0.3, 0.4) is 0 Å². The molecule has 2 aromatic rings. The maximum Gasteiger partial charge on any atom is 0.328 e. The molecular formula is C18H22N4O5. The zero-order chi connectivity index (χ0) is 19.4. The van der Waals surface area contributed by atoms with Crippen molar-refractivity contribution >= 4 is 11.8 Å². The molecule has 3 heterocycles. The summed E-state index contributed by atoms with van der Waals surface area (Å²) < 4.78 is 6.11. The summed E-state index contributed by atoms with van der Waals surface area (Å²) in [6.07, 6.45) is 5.80. The Kier molecular flexibility index (Phi) is 5.58. The summed E-state index contributed by atoms with van der Waals surface area (Å²) in [5.41, 5.74) is -0.156. The normalized spacial score (nSPS) is 14.9. The van der Waals surface area contributed by atoms with Gasteiger partial charge in [0.25, 0.3) is 11.5 Å². The zero-order valence-corrected chi connectivity index (χ0v) is 15.1. The molecule has 0 atom stereocenters. The first kappa shape index (κ1) is 18.7. The van der Waals surface area contributed by atoms with Crippen LogP contribution in [0.5, 0.6) is 0 Å². The number of aromatic nitrogens is 2. The first-order valence-corrected chi connectivity index (χ1v) is 8.82. The number of hydrogen-bond donors (Lipinski definition) is 2. The van der Waals surface area contributed by atoms with Gasteiger partial charge in [0.2, 0.25) is 5.91 Å². The predicted molar refractivity (Wildman–Crippen MR) is 96.4 cm³/mol. The lowest BCUT2D eigenvalue weighted by Gasteiger charge is -2.32. The number of nitrogens with one attached hydrogen (secondary N) is 2. The van der Waals surface area contributed by atoms with Gasteiger partial charge in [0.15, 0.2) is 0 Å². The Bertz CT molecular complexity index is 920. The van der Waals surface area contributed by atoms with Crippen LogP contribution < -0.4 is 16.6 Å². The number of piperidine rings is 1. The largest absolute Gasteiger partial charge is 0.472 e. The monoisotopic (exact) mass is 374 g/mol. The van der Waals surface area contributed by atoms with Crippen molar-refractivity contribution in [3.8, 4) is 0 Å². The summed E-state index contributed by atoms with van der Waals surface area (Å²) in [7, 11) is 0. The van der Waals surface area contributed by atoms with E-state index in [0.29, 0.717) is 36.7 Å². The molecule has 9 heteroatoms. The highest BCUT2D eigenvalue weighted by molar-refractivity contribution is 5.93. The van der Waals surface area contributed by atoms with E-state index < -0.39 is 11.2 Å². The fraction of sp³-hybridized carbons (Fsp3) is 0.444. The number of carbonyl (C=O) groups is 2. The molecule has 27 heavy (non-hydrogen) atoms. The maximum absolute atomic E-state index is 12.4. The van der Waals surface area contributed by atoms with Crippen molar-refractivity contribution in [1.82, 2.24) is 19.8 Å². The Hall–Kier alpha value is -3.10. The van der Waals surface area contributed by atoms with Gasteiger partial charge in [0.05, 0.1) is 11.8 Å². The number of amides is 2. The molecule has 0 aliphatic carbocycles. The smallest absolute Gasteiger partial charge is 0.328 e. The molecule has 0 unspecified atom stereocenters. The molecule has 0 aromatic carbocycles. The van der Waals surface area contributed by atoms with Crippen LogP contribution in [0.4, 0.5) is 0 Å². The van der Waals surface area contributed by atoms with Crippen molar-refractivity contribution in [3.05, 3.63) is 56.8 Å². The van der Waals surface area contributed by atoms with E-state index in [1.54, 1.807) is 17.9 Å². The summed E-state index contributed by atoms with van der Waals surface area (Å²) in [5, 5.41) is 2.88. The van der Waals surface area contributed by atoms with Crippen LogP contribution in [0.1, 0.15) is 28.8 Å². The number of aromatic amines is 1. The van der Waals surface area contributed by atoms with Crippen LogP contribution >= 0.6 is 0 Å². The minimum absolute atomic E-state index is 0.0989. The van der Waals surface area contributed by atoms with Crippen molar-refractivity contribution in [1.29, 1.82) is 0 Å². The molecule has 2 N–H and O–H groups in total. The molecule has 2 aromatic heterocycles. The third-order valence-electron chi connectivity index (χ3n) is 4.80. The summed E-state index contributed by atoms with van der Waals surface area (Å²) >= 11 is 0. The average molecular weight is 374 g/mol. The van der Waals surface area contributed by atoms with Crippen molar-refractivity contribution in [3.63, 3.8) is 0 Å². The Balaban J connectivity index is 1.48. The van der Waals surface area contributed by atoms with E-state index in [1.807, 2.05) is 0 Å². The van der Waals surface area contributed by atoms with Crippen LogP contribution in [0.15, 0.2) is 38.8 Å². The molecule has 144 valence electrons. The Morgan fingerprint density at radius 1 is 1.30 bits per heavy atom. The van der Waals surface area contributed by atoms with Gasteiger partial charge in [-0.3, -0.25) is 23.9 Å². The molecule has 1 aliphatic heterocycles. The van der Waals surface area contributed by atoms with E-state index in [2.05, 4.69) is 10.3 Å². The van der Waals surface area contributed by atoms with Gasteiger partial charge >= 0.3 is 5.69 Å². The van der Waals surface area contributed by atoms with E-state index in [0.717, 1.165) is 12.8 Å². The fourth-order valence-electron chi connectivity index (χ4n) is 3.10. The van der Waals surface area contributed by atoms with Gasteiger partial charge in [-0.05, 0) is 31.7 Å². The predicted octanol–water partition coefficient (Wildman–Crippen LogP) is 0.107. The second-order valence-corrected chi connectivity index (χ2v) is 6.75. The molecule has 9 nitrogen and oxygen atoms in total. The number of H-pyrrole nitrogens is 1. The highest BCUT2D eigenvalue weighted by Crippen LogP contribution is 2.17. The van der Waals surface area contributed by atoms with E-state index in [9.17, 15) is 19.2 Å². The number of likely N-dealkylation sites (tertiary alicyclic amines) is 1. The zero-order valence-electron chi connectivity index (χ0n) is 15.1. The Morgan fingerprint density at radius 3 is 2.70 bits per heavy atom. The highest BCUT2D eigenvalue weighted by Gasteiger charge is 2.23. The molecule has 2 amide bonds. The lowest BCUT2D eigenvalue weighted by atomic mass is 9.96. The van der Waals surface area contributed by atoms with Crippen molar-refractivity contribution in [2.45, 2.75) is 26.3 Å². The lowest BCUT2D eigenvalue weighted by Crippen LogP contribution is -2.44. The summed E-state index contributed by atoms with van der Waals surface area (Å²) in [6.45, 7) is 3.18. The third kappa shape index (κ3) is 4.55. The van der Waals surface area contributed by atoms with Gasteiger partial charge in [0, 0.05) is 31.4 Å². The Labute approximate surface area is 155 Å². The Morgan fingerprint density at radius 2 is 2.04 bits per heavy atom. The molecule has 0 spiro atoms. The second kappa shape index (κ2) is 8.07. The van der Waals surface area contributed by atoms with Crippen LogP contribution in [0.25, 0.3) is 0 Å². The van der Waals surface area contributed by atoms with Crippen LogP contribution in [-0.4, -0.2) is 45.9 Å². The van der Waals surface area contributed by atoms with Gasteiger partial charge in [-0.2, -0.15) is 0 Å². The topological polar surface area (TPSA) is 117 Å². The molecule has 1 saturated heterocycles. The van der Waals surface area contributed by atoms with E-state index in [-0.39, 0.29) is 18.4 Å². The minimum Gasteiger partial charge on any atom is -0.472 e. The third-order valence-corrected chi connectivity index (χ3v) is 4.80. The van der Waals surface area contributed by atoms with E-state index >= 15 is 0 Å². The van der Waals surface area contributed by atoms with E-state index in [1.165, 1.54) is 23.3 Å². The second-order valence-electron chi connectivity index (χ2n) is 6.75. The van der Waals surface area contributed by atoms with Gasteiger partial charge in [-0.25, -0.2) is 4.79 Å². The van der Waals surface area contributed by atoms with Crippen molar-refractivity contribution in [2.24, 2.45) is 5.92 Å². The van der Waals surface area contributed by atoms with Crippen LogP contribution in [0.2, 0.25) is 0 Å². The molecular weight excluding hydrogens is 352 g/mol. The number of aryl methyl sites for hydroxylation is 1. The molecule has 0 radical (unpaired) electrons. The molecule has 1 aliphatic rings. The van der Waals surface area contributed by atoms with Crippen LogP contribution in [-0.2, 0) is 11.3 Å². The van der Waals surface area contributed by atoms with Gasteiger partial charge < -0.3 is 14.6 Å². The summed E-state index contributed by atoms with van der Waals surface area (Å²) in [4.78, 5) is 51.5. The fourth-order valence-corrected chi connectivity index (χ4v) is 3.10. The lowest BCUT2D eigenvalue weighted by molar-refractivity contribution is -0.133. The molecule has 3 rings (SSSR count). The average Bonchev–Trinajstić information content (AvgIpc) is 3.19. The standard InChI is InChI=1S/C18H22N4O5/c1-12-9-22(18(26)20-16(12)24)10-15(23)21-5-2-13(3-6-21)8-19-17(25)14-4-7-27-11-14/h4,7,9,11,13H,2-3,5-6,8,10H2,1H3,(H,19,25)(H,20,24,26). The first-order chi connectivity index (χ1) is 12.9. The summed E-state index contributed by atoms with van der Waals surface area (Å²) in [5.74, 6) is -0.0394. The quantitative estimate of drug-likeness (QED) is 0.770. The molecule has 0 saturated carbocycles. The first-order valence-electron chi connectivity index (χ1n) is 8.82. The number of nitrogens with zero attached hydrogens (tertiary/aromatic N) is 2. The van der Waals surface area contributed by atoms with E-state index in [4.69, 9.17) is 4.42 Å². The van der Waals surface area contributed by atoms with Crippen molar-refractivity contribution < 1.29 is 14.0 Å². The number of carbonyl (C=O) groups excluding carboxylic acids is 2. The van der Waals surface area contributed by atoms with Crippen LogP contribution in [0, 0.1) is 12.8 Å². The number of rotatable bonds is 5.